The van der Waals surface area contributed by atoms with Crippen LogP contribution in [0.5, 0.6) is 0 Å². The van der Waals surface area contributed by atoms with Gasteiger partial charge in [0, 0.05) is 11.5 Å². The van der Waals surface area contributed by atoms with Crippen molar-refractivity contribution in [2.45, 2.75) is 13.8 Å². The number of esters is 1. The summed E-state index contributed by atoms with van der Waals surface area (Å²) >= 11 is 0. The number of ether oxygens (including phenoxy) is 1. The van der Waals surface area contributed by atoms with Crippen LogP contribution in [-0.2, 0) is 4.74 Å². The Hall–Kier alpha value is -1.69. The Labute approximate surface area is 131 Å². The van der Waals surface area contributed by atoms with E-state index in [1.807, 2.05) is 6.07 Å². The van der Waals surface area contributed by atoms with E-state index < -0.39 is 5.97 Å². The third-order valence-electron chi connectivity index (χ3n) is 2.25. The molecule has 0 aromatic carbocycles. The van der Waals surface area contributed by atoms with Crippen molar-refractivity contribution in [2.75, 3.05) is 6.61 Å². The number of hydrogen-bond acceptors (Lipinski definition) is 6. The number of imidazole rings is 1. The summed E-state index contributed by atoms with van der Waals surface area (Å²) in [4.78, 5) is 19.2. The van der Waals surface area contributed by atoms with Crippen molar-refractivity contribution in [1.29, 1.82) is 5.26 Å². The van der Waals surface area contributed by atoms with Crippen molar-refractivity contribution >= 4 is 5.97 Å². The summed E-state index contributed by atoms with van der Waals surface area (Å²) in [5, 5.41) is 16.4. The molecule has 0 saturated carbocycles. The molecule has 9 heteroatoms. The van der Waals surface area contributed by atoms with E-state index in [0.29, 0.717) is 5.69 Å². The smallest absolute Gasteiger partial charge is 0.461 e. The molecule has 0 amide bonds. The zero-order valence-electron chi connectivity index (χ0n) is 10.8. The van der Waals surface area contributed by atoms with Crippen molar-refractivity contribution in [2.24, 2.45) is 0 Å². The van der Waals surface area contributed by atoms with Gasteiger partial charge in [0.1, 0.15) is 6.07 Å². The fourth-order valence-electron chi connectivity index (χ4n) is 1.41. The number of carbonyl (C=O) groups excluding carboxylic acids is 1. The van der Waals surface area contributed by atoms with E-state index in [2.05, 4.69) is 20.3 Å². The van der Waals surface area contributed by atoms with Gasteiger partial charge in [-0.05, 0) is 20.2 Å². The molecule has 19 heavy (non-hydrogen) atoms. The van der Waals surface area contributed by atoms with Gasteiger partial charge in [0.2, 0.25) is 0 Å². The fraction of sp³-hybridized carbons (Fsp3) is 0.300. The molecule has 0 aliphatic heterocycles. The van der Waals surface area contributed by atoms with Gasteiger partial charge in [-0.2, -0.15) is 5.26 Å². The van der Waals surface area contributed by atoms with Gasteiger partial charge < -0.3 is 14.7 Å². The van der Waals surface area contributed by atoms with E-state index in [0.717, 1.165) is 0 Å². The maximum absolute atomic E-state index is 11.6. The average molecular weight is 268 g/mol. The normalized spacial score (nSPS) is 9.53. The van der Waals surface area contributed by atoms with Crippen molar-refractivity contribution in [1.82, 2.24) is 25.0 Å². The Morgan fingerprint density at radius 3 is 3.00 bits per heavy atom. The van der Waals surface area contributed by atoms with E-state index in [-0.39, 0.29) is 53.4 Å². The minimum Gasteiger partial charge on any atom is -0.461 e. The maximum Gasteiger partial charge on any atom is 1.00 e. The molecule has 2 aromatic rings. The monoisotopic (exact) mass is 268 g/mol. The quantitative estimate of drug-likeness (QED) is 0.430. The molecule has 2 aromatic heterocycles. The molecule has 0 aliphatic carbocycles. The van der Waals surface area contributed by atoms with Gasteiger partial charge in [-0.15, -0.1) is 10.3 Å². The average Bonchev–Trinajstić information content (AvgIpc) is 2.94. The molecule has 2 heterocycles. The second-order valence-electron chi connectivity index (χ2n) is 3.31. The summed E-state index contributed by atoms with van der Waals surface area (Å²) in [6.07, 6.45) is 1.25. The Morgan fingerprint density at radius 2 is 2.37 bits per heavy atom. The van der Waals surface area contributed by atoms with Gasteiger partial charge in [0.15, 0.2) is 5.69 Å². The van der Waals surface area contributed by atoms with Crippen LogP contribution in [0, 0.1) is 18.3 Å². The number of hydrogen-bond donors (Lipinski definition) is 0. The molecule has 0 radical (unpaired) electrons. The third kappa shape index (κ3) is 2.84. The fourth-order valence-corrected chi connectivity index (χ4v) is 1.41. The van der Waals surface area contributed by atoms with Crippen LogP contribution in [0.4, 0.5) is 0 Å². The van der Waals surface area contributed by atoms with Crippen molar-refractivity contribution < 1.29 is 39.1 Å². The number of aromatic nitrogens is 5. The van der Waals surface area contributed by atoms with Crippen molar-refractivity contribution in [3.05, 3.63) is 23.4 Å². The van der Waals surface area contributed by atoms with Crippen LogP contribution in [0.1, 0.15) is 28.8 Å². The molecule has 0 unspecified atom stereocenters. The Morgan fingerprint density at radius 1 is 1.63 bits per heavy atom. The molecule has 0 spiro atoms. The molecule has 0 atom stereocenters. The molecule has 92 valence electrons. The van der Waals surface area contributed by atoms with Gasteiger partial charge in [0.25, 0.3) is 0 Å². The molecule has 0 fully saturated rings. The molecule has 0 aliphatic rings. The van der Waals surface area contributed by atoms with E-state index in [1.165, 1.54) is 11.0 Å². The first-order valence-corrected chi connectivity index (χ1v) is 5.16. The van der Waals surface area contributed by atoms with Crippen LogP contribution < -0.4 is 34.5 Å². The zero-order valence-corrected chi connectivity index (χ0v) is 12.8. The third-order valence-corrected chi connectivity index (χ3v) is 2.25. The SMILES string of the molecule is CCOC(=O)c1nnn(-c2[n-]cnc2C#N)c1C.[Na+]. The van der Waals surface area contributed by atoms with Gasteiger partial charge in [-0.1, -0.05) is 0 Å². The van der Waals surface area contributed by atoms with Crippen molar-refractivity contribution in [3.63, 3.8) is 0 Å². The number of nitrogens with zero attached hydrogens (tertiary/aromatic N) is 6. The van der Waals surface area contributed by atoms with Gasteiger partial charge >= 0.3 is 35.5 Å². The molecule has 0 saturated heterocycles. The first kappa shape index (κ1) is 15.4. The van der Waals surface area contributed by atoms with Crippen LogP contribution >= 0.6 is 0 Å². The van der Waals surface area contributed by atoms with Crippen LogP contribution in [0.25, 0.3) is 5.82 Å². The molecular weight excluding hydrogens is 259 g/mol. The second-order valence-corrected chi connectivity index (χ2v) is 3.31. The van der Waals surface area contributed by atoms with E-state index in [1.54, 1.807) is 13.8 Å². The standard InChI is InChI=1S/C10H9N6O2.Na/c1-3-18-10(17)8-6(2)16(15-14-8)9-7(4-11)12-5-13-9;/h5H,3H2,1-2H3;/q-1;+1. The van der Waals surface area contributed by atoms with Gasteiger partial charge in [-0.25, -0.2) is 4.79 Å². The zero-order chi connectivity index (χ0) is 13.1. The van der Waals surface area contributed by atoms with E-state index in [9.17, 15) is 4.79 Å². The molecular formula is C10H9N6NaO2. The predicted molar refractivity (Wildman–Crippen MR) is 57.9 cm³/mol. The summed E-state index contributed by atoms with van der Waals surface area (Å²) in [5.74, 6) is -0.308. The molecule has 0 N–H and O–H groups in total. The van der Waals surface area contributed by atoms with Crippen LogP contribution in [0.2, 0.25) is 0 Å². The molecule has 2 rings (SSSR count). The Balaban J connectivity index is 0.00000180. The van der Waals surface area contributed by atoms with Crippen LogP contribution in [-0.4, -0.2) is 32.6 Å². The molecule has 8 nitrogen and oxygen atoms in total. The maximum atomic E-state index is 11.6. The van der Waals surface area contributed by atoms with Crippen LogP contribution in [0.15, 0.2) is 6.33 Å². The first-order valence-electron chi connectivity index (χ1n) is 5.16. The van der Waals surface area contributed by atoms with Gasteiger partial charge in [-0.3, -0.25) is 4.68 Å². The summed E-state index contributed by atoms with van der Waals surface area (Å²) in [6.45, 7) is 3.60. The number of rotatable bonds is 3. The van der Waals surface area contributed by atoms with E-state index in [4.69, 9.17) is 10.00 Å². The number of carbonyl (C=O) groups is 1. The first-order chi connectivity index (χ1) is 8.69. The topological polar surface area (TPSA) is 108 Å². The van der Waals surface area contributed by atoms with Gasteiger partial charge in [0.05, 0.1) is 12.3 Å². The summed E-state index contributed by atoms with van der Waals surface area (Å²) in [6, 6.07) is 1.89. The molecule has 0 bridgehead atoms. The van der Waals surface area contributed by atoms with Crippen molar-refractivity contribution in [3.8, 4) is 11.9 Å². The minimum absolute atomic E-state index is 0. The second kappa shape index (κ2) is 6.47. The predicted octanol–water partition coefficient (Wildman–Crippen LogP) is -3.02. The largest absolute Gasteiger partial charge is 1.00 e. The van der Waals surface area contributed by atoms with Crippen LogP contribution in [0.3, 0.4) is 0 Å². The van der Waals surface area contributed by atoms with E-state index >= 15 is 0 Å². The summed E-state index contributed by atoms with van der Waals surface area (Å²) in [7, 11) is 0. The number of nitriles is 1. The minimum atomic E-state index is -0.556. The summed E-state index contributed by atoms with van der Waals surface area (Å²) in [5.41, 5.74) is 0.674. The Bertz CT molecular complexity index is 626. The Kier molecular flexibility index (Phi) is 5.23. The summed E-state index contributed by atoms with van der Waals surface area (Å²) < 4.78 is 6.13.